The third-order valence-corrected chi connectivity index (χ3v) is 27.0. The summed E-state index contributed by atoms with van der Waals surface area (Å²) in [6.07, 6.45) is 9.32. The topological polar surface area (TPSA) is 0 Å². The zero-order valence-corrected chi connectivity index (χ0v) is 82.6. The highest BCUT2D eigenvalue weighted by atomic mass is 79.9. The van der Waals surface area contributed by atoms with Crippen LogP contribution in [0, 0.1) is 139 Å². The first-order valence-corrected chi connectivity index (χ1v) is 45.2. The molecular formula is C108H94Br8. The Labute approximate surface area is 759 Å². The molecule has 0 fully saturated rings. The number of benzene rings is 11. The number of terminal acetylenes is 1. The van der Waals surface area contributed by atoms with Crippen molar-refractivity contribution in [3.63, 3.8) is 0 Å². The van der Waals surface area contributed by atoms with Gasteiger partial charge in [0.15, 0.2) is 0 Å². The zero-order valence-electron chi connectivity index (χ0n) is 69.9. The molecule has 8 heteroatoms. The molecule has 0 radical (unpaired) electrons. The van der Waals surface area contributed by atoms with Gasteiger partial charge in [0, 0.05) is 134 Å². The van der Waals surface area contributed by atoms with Gasteiger partial charge >= 0.3 is 0 Å². The van der Waals surface area contributed by atoms with Crippen molar-refractivity contribution in [1.82, 2.24) is 0 Å². The molecule has 0 aliphatic heterocycles. The lowest BCUT2D eigenvalue weighted by molar-refractivity contribution is 0.588. The van der Waals surface area contributed by atoms with Crippen molar-refractivity contribution in [2.24, 2.45) is 0 Å². The minimum Gasteiger partial charge on any atom is -0.115 e. The second kappa shape index (κ2) is 36.8. The van der Waals surface area contributed by atoms with E-state index in [1.165, 1.54) is 111 Å². The molecule has 0 spiro atoms. The molecule has 0 atom stereocenters. The third-order valence-electron chi connectivity index (χ3n) is 21.3. The van der Waals surface area contributed by atoms with Crippen LogP contribution in [0.15, 0.2) is 187 Å². The van der Waals surface area contributed by atoms with Gasteiger partial charge in [0.2, 0.25) is 0 Å². The normalized spacial score (nSPS) is 11.3. The lowest BCUT2D eigenvalue weighted by atomic mass is 9.83. The number of hydrogen-bond donors (Lipinski definition) is 0. The molecule has 11 aromatic carbocycles. The molecule has 582 valence electrons. The molecule has 0 aromatic heterocycles. The van der Waals surface area contributed by atoms with Crippen molar-refractivity contribution in [3.05, 3.63) is 371 Å². The summed E-state index contributed by atoms with van der Waals surface area (Å²) in [6.45, 7) is 44.9. The first-order valence-electron chi connectivity index (χ1n) is 38.8. The summed E-state index contributed by atoms with van der Waals surface area (Å²) in [7, 11) is 0. The zero-order chi connectivity index (χ0) is 84.4. The van der Waals surface area contributed by atoms with Crippen LogP contribution in [0.3, 0.4) is 0 Å². The maximum Gasteiger partial charge on any atom is 0.0273 e. The van der Waals surface area contributed by atoms with Crippen LogP contribution in [-0.2, 0) is 47.3 Å². The molecule has 0 nitrogen and oxygen atoms in total. The Balaban J connectivity index is 0.949. The van der Waals surface area contributed by atoms with Crippen LogP contribution in [0.2, 0.25) is 0 Å². The second-order valence-electron chi connectivity index (χ2n) is 34.8. The van der Waals surface area contributed by atoms with Gasteiger partial charge in [0.05, 0.1) is 0 Å². The predicted octanol–water partition coefficient (Wildman–Crippen LogP) is 30.2. The number of rotatable bonds is 8. The molecule has 0 saturated heterocycles. The Morgan fingerprint density at radius 2 is 0.310 bits per heavy atom. The molecule has 0 N–H and O–H groups in total. The monoisotopic (exact) mass is 2020 g/mol. The van der Waals surface area contributed by atoms with Gasteiger partial charge < -0.3 is 0 Å². The molecule has 0 aliphatic carbocycles. The summed E-state index contributed by atoms with van der Waals surface area (Å²) in [4.78, 5) is 0. The summed E-state index contributed by atoms with van der Waals surface area (Å²) in [5.74, 6) is 44.7. The van der Waals surface area contributed by atoms with Gasteiger partial charge in [-0.25, -0.2) is 0 Å². The van der Waals surface area contributed by atoms with Crippen LogP contribution < -0.4 is 0 Å². The average molecular weight is 2030 g/mol. The van der Waals surface area contributed by atoms with E-state index < -0.39 is 0 Å². The van der Waals surface area contributed by atoms with E-state index in [1.54, 1.807) is 0 Å². The van der Waals surface area contributed by atoms with Crippen molar-refractivity contribution in [3.8, 4) is 83.4 Å². The Kier molecular flexibility index (Phi) is 28.2. The molecule has 0 heterocycles. The Morgan fingerprint density at radius 3 is 0.431 bits per heavy atom. The molecule has 0 bridgehead atoms. The van der Waals surface area contributed by atoms with Crippen molar-refractivity contribution in [2.75, 3.05) is 0 Å². The number of hydrogen-bond acceptors (Lipinski definition) is 0. The van der Waals surface area contributed by atoms with Crippen LogP contribution in [0.4, 0.5) is 0 Å². The van der Waals surface area contributed by atoms with Gasteiger partial charge in [0.1, 0.15) is 0 Å². The molecule has 0 aliphatic rings. The van der Waals surface area contributed by atoms with E-state index in [2.05, 4.69) is 440 Å². The van der Waals surface area contributed by atoms with Crippen molar-refractivity contribution < 1.29 is 0 Å². The summed E-state index contributed by atoms with van der Waals surface area (Å²) in [5, 5.41) is 0. The molecule has 0 saturated carbocycles. The highest BCUT2D eigenvalue weighted by Gasteiger charge is 2.24. The summed E-state index contributed by atoms with van der Waals surface area (Å²) in [6, 6.07) is 53.5. The molecule has 116 heavy (non-hydrogen) atoms. The standard InChI is InChI=1S/C108H94Br8/c1-22-72-43-73(23-25-75-46-77(27-31-81-52-97(109)93(98(110)53-81)60-89-64(2)35-85(36-65(89)3)105(10,11)12)50-78(47-75)28-32-82-54-99(111)94(100(112)55-82)61-90-66(4)37-86(38-67(90)5)106(13,14)15)45-74(44-72)24-26-76-48-79(29-33-83-56-101(113)95(102(114)57-83)62-91-68(6)39-87(40-69(91)7)107(16,17)18)51-80(49-76)30-34-84-58-103(115)96(104(116)59-84)63-92-70(8)41-88(42-71(92)9)108(19,20)21/h1,35-59H,60-63H2,2-21H3. The van der Waals surface area contributed by atoms with E-state index in [0.717, 1.165) is 117 Å². The molecule has 0 unspecified atom stereocenters. The van der Waals surface area contributed by atoms with Gasteiger partial charge in [0.25, 0.3) is 0 Å². The Morgan fingerprint density at radius 1 is 0.190 bits per heavy atom. The highest BCUT2D eigenvalue weighted by Crippen LogP contribution is 2.40. The Hall–Kier alpha value is -7.82. The fraction of sp³-hybridized carbons (Fsp3) is 0.259. The fourth-order valence-corrected chi connectivity index (χ4v) is 20.2. The highest BCUT2D eigenvalue weighted by molar-refractivity contribution is 9.12. The van der Waals surface area contributed by atoms with E-state index in [1.807, 2.05) is 54.6 Å². The lowest BCUT2D eigenvalue weighted by Crippen LogP contribution is -2.12. The van der Waals surface area contributed by atoms with Gasteiger partial charge in [-0.2, -0.15) is 0 Å². The minimum absolute atomic E-state index is 0.0582. The third kappa shape index (κ3) is 22.6. The quantitative estimate of drug-likeness (QED) is 0.133. The van der Waals surface area contributed by atoms with Gasteiger partial charge in [-0.3, -0.25) is 0 Å². The largest absolute Gasteiger partial charge is 0.115 e. The summed E-state index contributed by atoms with van der Waals surface area (Å²) < 4.78 is 7.87. The molecule has 11 rings (SSSR count). The summed E-state index contributed by atoms with van der Waals surface area (Å²) in [5.41, 5.74) is 35.8. The number of aryl methyl sites for hydroxylation is 8. The van der Waals surface area contributed by atoms with E-state index in [4.69, 9.17) is 6.42 Å². The van der Waals surface area contributed by atoms with Gasteiger partial charge in [-0.05, 0) is 291 Å². The summed E-state index contributed by atoms with van der Waals surface area (Å²) >= 11 is 31.7. The second-order valence-corrected chi connectivity index (χ2v) is 41.6. The van der Waals surface area contributed by atoms with E-state index in [0.29, 0.717) is 16.7 Å². The van der Waals surface area contributed by atoms with Crippen molar-refractivity contribution >= 4 is 127 Å². The van der Waals surface area contributed by atoms with E-state index >= 15 is 0 Å². The SMILES string of the molecule is C#Cc1cc(C#Cc2cc(C#Cc3cc(Br)c(Cc4c(C)cc(C(C)(C)C)cc4C)c(Br)c3)cc(C#Cc3cc(Br)c(Cc4c(C)cc(C(C)(C)C)cc4C)c(Br)c3)c2)cc(C#Cc2cc(C#Cc3cc(Br)c(Cc4c(C)cc(C(C)(C)C)cc4C)c(Br)c3)cc(C#Cc3cc(Br)c(Cc4c(C)cc(C(C)(C)C)cc4C)c(Br)c3)c2)c1. The van der Waals surface area contributed by atoms with Crippen LogP contribution in [0.25, 0.3) is 0 Å². The van der Waals surface area contributed by atoms with Gasteiger partial charge in [-0.15, -0.1) is 6.42 Å². The molecule has 11 aromatic rings. The lowest BCUT2D eigenvalue weighted by Gasteiger charge is -2.23. The average Bonchev–Trinajstić information content (AvgIpc) is 0.805. The predicted molar refractivity (Wildman–Crippen MR) is 520 cm³/mol. The molecular weight excluding hydrogens is 1940 g/mol. The van der Waals surface area contributed by atoms with Crippen LogP contribution in [0.5, 0.6) is 0 Å². The maximum atomic E-state index is 6.24. The Bertz CT molecular complexity index is 5410. The fourth-order valence-electron chi connectivity index (χ4n) is 14.3. The van der Waals surface area contributed by atoms with Crippen LogP contribution in [-0.4, -0.2) is 0 Å². The number of halogens is 8. The van der Waals surface area contributed by atoms with Crippen molar-refractivity contribution in [1.29, 1.82) is 0 Å². The first-order chi connectivity index (χ1) is 54.4. The van der Waals surface area contributed by atoms with Gasteiger partial charge in [-0.1, -0.05) is 336 Å². The maximum absolute atomic E-state index is 6.24. The first kappa shape index (κ1) is 89.0. The van der Waals surface area contributed by atoms with Crippen molar-refractivity contribution in [2.45, 2.75) is 186 Å². The van der Waals surface area contributed by atoms with Crippen LogP contribution >= 0.6 is 127 Å². The van der Waals surface area contributed by atoms with E-state index in [9.17, 15) is 0 Å². The van der Waals surface area contributed by atoms with E-state index in [-0.39, 0.29) is 21.7 Å². The smallest absolute Gasteiger partial charge is 0.0273 e. The van der Waals surface area contributed by atoms with Crippen LogP contribution in [0.1, 0.15) is 267 Å². The minimum atomic E-state index is 0.0582. The molecule has 0 amide bonds.